The van der Waals surface area contributed by atoms with Gasteiger partial charge in [0.25, 0.3) is 0 Å². The van der Waals surface area contributed by atoms with Gasteiger partial charge in [0.2, 0.25) is 10.0 Å². The number of hydrogen-bond acceptors (Lipinski definition) is 4. The van der Waals surface area contributed by atoms with E-state index in [1.165, 1.54) is 25.3 Å². The predicted molar refractivity (Wildman–Crippen MR) is 75.6 cm³/mol. The van der Waals surface area contributed by atoms with Crippen LogP contribution in [0.25, 0.3) is 0 Å². The zero-order valence-corrected chi connectivity index (χ0v) is 12.2. The molecule has 0 unspecified atom stereocenters. The molecule has 0 heterocycles. The third kappa shape index (κ3) is 4.35. The fourth-order valence-electron chi connectivity index (χ4n) is 1.51. The molecule has 1 aromatic rings. The van der Waals surface area contributed by atoms with E-state index in [4.69, 9.17) is 0 Å². The lowest BCUT2D eigenvalue weighted by Crippen LogP contribution is -2.41. The van der Waals surface area contributed by atoms with Gasteiger partial charge in [-0.15, -0.1) is 5.73 Å². The molecule has 0 saturated heterocycles. The molecule has 0 aliphatic rings. The lowest BCUT2D eigenvalue weighted by atomic mass is 10.2. The molecule has 1 aromatic carbocycles. The van der Waals surface area contributed by atoms with Crippen molar-refractivity contribution in [1.82, 2.24) is 4.72 Å². The topological polar surface area (TPSA) is 72.5 Å². The minimum Gasteiger partial charge on any atom is -0.468 e. The summed E-state index contributed by atoms with van der Waals surface area (Å²) in [6.45, 7) is 5.23. The first-order valence-corrected chi connectivity index (χ1v) is 7.40. The van der Waals surface area contributed by atoms with Crippen LogP contribution in [0, 0.1) is 6.92 Å². The highest BCUT2D eigenvalue weighted by Gasteiger charge is 2.25. The van der Waals surface area contributed by atoms with Crippen LogP contribution >= 0.6 is 0 Å². The maximum Gasteiger partial charge on any atom is 0.324 e. The number of rotatable bonds is 6. The van der Waals surface area contributed by atoms with Crippen LogP contribution in [-0.2, 0) is 19.6 Å². The van der Waals surface area contributed by atoms with Crippen LogP contribution in [0.3, 0.4) is 0 Å². The highest BCUT2D eigenvalue weighted by Crippen LogP contribution is 2.11. The second-order valence-electron chi connectivity index (χ2n) is 4.15. The fourth-order valence-corrected chi connectivity index (χ4v) is 2.71. The minimum atomic E-state index is -3.78. The molecule has 0 spiro atoms. The zero-order valence-electron chi connectivity index (χ0n) is 11.4. The van der Waals surface area contributed by atoms with Gasteiger partial charge in [0, 0.05) is 0 Å². The Balaban J connectivity index is 2.98. The molecule has 1 atom stereocenters. The summed E-state index contributed by atoms with van der Waals surface area (Å²) in [6.07, 6.45) is 1.60. The van der Waals surface area contributed by atoms with Crippen LogP contribution in [0.15, 0.2) is 47.5 Å². The van der Waals surface area contributed by atoms with Gasteiger partial charge in [0.05, 0.1) is 12.0 Å². The number of sulfonamides is 1. The average molecular weight is 295 g/mol. The van der Waals surface area contributed by atoms with Gasteiger partial charge in [0.1, 0.15) is 6.04 Å². The number of aryl methyl sites for hydroxylation is 1. The summed E-state index contributed by atoms with van der Waals surface area (Å²) in [5, 5.41) is 0. The molecule has 6 heteroatoms. The standard InChI is InChI=1S/C14H17NO4S/c1-4-5-6-13(14(16)19-3)15-20(17,18)12-9-7-11(2)8-10-12/h5,7-10,13,15H,1,6H2,2-3H3/t13-/m1/s1. The van der Waals surface area contributed by atoms with Crippen LogP contribution in [0.2, 0.25) is 0 Å². The molecule has 1 N–H and O–H groups in total. The summed E-state index contributed by atoms with van der Waals surface area (Å²) in [6, 6.07) is 5.34. The smallest absolute Gasteiger partial charge is 0.324 e. The van der Waals surface area contributed by atoms with Gasteiger partial charge in [-0.25, -0.2) is 8.42 Å². The van der Waals surface area contributed by atoms with Crippen molar-refractivity contribution in [3.8, 4) is 0 Å². The Bertz CT molecular complexity index is 613. The Morgan fingerprint density at radius 2 is 2.05 bits per heavy atom. The monoisotopic (exact) mass is 295 g/mol. The van der Waals surface area contributed by atoms with Crippen molar-refractivity contribution < 1.29 is 17.9 Å². The average Bonchev–Trinajstić information content (AvgIpc) is 2.43. The number of benzene rings is 1. The highest BCUT2D eigenvalue weighted by atomic mass is 32.2. The summed E-state index contributed by atoms with van der Waals surface area (Å²) in [4.78, 5) is 11.7. The van der Waals surface area contributed by atoms with E-state index in [0.717, 1.165) is 5.56 Å². The van der Waals surface area contributed by atoms with Crippen LogP contribution in [0.5, 0.6) is 0 Å². The van der Waals surface area contributed by atoms with Crippen molar-refractivity contribution in [1.29, 1.82) is 0 Å². The van der Waals surface area contributed by atoms with Gasteiger partial charge in [-0.1, -0.05) is 24.3 Å². The molecule has 0 radical (unpaired) electrons. The van der Waals surface area contributed by atoms with Crippen molar-refractivity contribution in [3.05, 3.63) is 48.2 Å². The van der Waals surface area contributed by atoms with E-state index < -0.39 is 22.0 Å². The maximum atomic E-state index is 12.2. The van der Waals surface area contributed by atoms with E-state index in [1.54, 1.807) is 12.1 Å². The first kappa shape index (κ1) is 16.2. The largest absolute Gasteiger partial charge is 0.468 e. The molecule has 1 rings (SSSR count). The molecule has 5 nitrogen and oxygen atoms in total. The summed E-state index contributed by atoms with van der Waals surface area (Å²) >= 11 is 0. The summed E-state index contributed by atoms with van der Waals surface area (Å²) in [5.41, 5.74) is 3.44. The quantitative estimate of drug-likeness (QED) is 0.638. The first-order valence-electron chi connectivity index (χ1n) is 5.92. The van der Waals surface area contributed by atoms with Gasteiger partial charge in [0.15, 0.2) is 0 Å². The van der Waals surface area contributed by atoms with E-state index in [9.17, 15) is 13.2 Å². The van der Waals surface area contributed by atoms with Crippen molar-refractivity contribution in [2.24, 2.45) is 0 Å². The predicted octanol–water partition coefficient (Wildman–Crippen LogP) is 1.55. The highest BCUT2D eigenvalue weighted by molar-refractivity contribution is 7.89. The third-order valence-electron chi connectivity index (χ3n) is 2.61. The second kappa shape index (κ2) is 7.05. The Labute approximate surface area is 119 Å². The molecule has 108 valence electrons. The van der Waals surface area contributed by atoms with Gasteiger partial charge < -0.3 is 4.74 Å². The van der Waals surface area contributed by atoms with Crippen LogP contribution < -0.4 is 4.72 Å². The normalized spacial score (nSPS) is 12.3. The van der Waals surface area contributed by atoms with Gasteiger partial charge in [-0.3, -0.25) is 4.79 Å². The molecular weight excluding hydrogens is 278 g/mol. The number of nitrogens with one attached hydrogen (secondary N) is 1. The van der Waals surface area contributed by atoms with E-state index >= 15 is 0 Å². The maximum absolute atomic E-state index is 12.2. The lowest BCUT2D eigenvalue weighted by Gasteiger charge is -2.15. The SMILES string of the molecule is C=C=CC[C@@H](NS(=O)(=O)c1ccc(C)cc1)C(=O)OC. The lowest BCUT2D eigenvalue weighted by molar-refractivity contribution is -0.142. The molecule has 0 fully saturated rings. The minimum absolute atomic E-state index is 0.0968. The summed E-state index contributed by atoms with van der Waals surface area (Å²) in [5.74, 6) is -0.660. The summed E-state index contributed by atoms with van der Waals surface area (Å²) in [7, 11) is -2.58. The van der Waals surface area contributed by atoms with Gasteiger partial charge in [-0.05, 0) is 31.6 Å². The number of methoxy groups -OCH3 is 1. The number of carbonyl (C=O) groups excluding carboxylic acids is 1. The molecule has 0 aliphatic heterocycles. The number of esters is 1. The number of ether oxygens (including phenoxy) is 1. The van der Waals surface area contributed by atoms with E-state index in [-0.39, 0.29) is 11.3 Å². The molecule has 0 saturated carbocycles. The molecule has 20 heavy (non-hydrogen) atoms. The summed E-state index contributed by atoms with van der Waals surface area (Å²) < 4.78 is 31.2. The Morgan fingerprint density at radius 1 is 1.45 bits per heavy atom. The Hall–Kier alpha value is -1.88. The Kier molecular flexibility index (Phi) is 5.70. The second-order valence-corrected chi connectivity index (χ2v) is 5.87. The van der Waals surface area contributed by atoms with Gasteiger partial charge >= 0.3 is 5.97 Å². The van der Waals surface area contributed by atoms with E-state index in [2.05, 4.69) is 21.8 Å². The van der Waals surface area contributed by atoms with Crippen LogP contribution in [0.4, 0.5) is 0 Å². The molecule has 0 aromatic heterocycles. The van der Waals surface area contributed by atoms with Gasteiger partial charge in [-0.2, -0.15) is 4.72 Å². The first-order chi connectivity index (χ1) is 9.40. The Morgan fingerprint density at radius 3 is 2.55 bits per heavy atom. The molecule has 0 aliphatic carbocycles. The molecular formula is C14H17NO4S. The van der Waals surface area contributed by atoms with E-state index in [1.807, 2.05) is 6.92 Å². The number of carbonyl (C=O) groups is 1. The van der Waals surface area contributed by atoms with Crippen LogP contribution in [-0.4, -0.2) is 27.5 Å². The van der Waals surface area contributed by atoms with E-state index in [0.29, 0.717) is 0 Å². The zero-order chi connectivity index (χ0) is 15.2. The van der Waals surface area contributed by atoms with Crippen molar-refractivity contribution in [3.63, 3.8) is 0 Å². The fraction of sp³-hybridized carbons (Fsp3) is 0.286. The van der Waals surface area contributed by atoms with Crippen molar-refractivity contribution >= 4 is 16.0 Å². The molecule has 0 amide bonds. The van der Waals surface area contributed by atoms with Crippen LogP contribution in [0.1, 0.15) is 12.0 Å². The number of hydrogen-bond donors (Lipinski definition) is 1. The van der Waals surface area contributed by atoms with Crippen molar-refractivity contribution in [2.45, 2.75) is 24.3 Å². The molecule has 0 bridgehead atoms. The van der Waals surface area contributed by atoms with Crippen molar-refractivity contribution in [2.75, 3.05) is 7.11 Å². The third-order valence-corrected chi connectivity index (χ3v) is 4.10.